The molecule has 2 aromatic rings. The van der Waals surface area contributed by atoms with Gasteiger partial charge in [0.15, 0.2) is 0 Å². The smallest absolute Gasteiger partial charge is 0.246 e. The van der Waals surface area contributed by atoms with Crippen molar-refractivity contribution in [2.24, 2.45) is 5.73 Å². The van der Waals surface area contributed by atoms with Crippen LogP contribution in [0.5, 0.6) is 11.5 Å². The van der Waals surface area contributed by atoms with Crippen LogP contribution in [0, 0.1) is 0 Å². The molecule has 1 aliphatic heterocycles. The number of nitrogens with two attached hydrogens (primary N) is 2. The first-order valence-corrected chi connectivity index (χ1v) is 16.2. The molecule has 1 aliphatic rings. The van der Waals surface area contributed by atoms with Crippen molar-refractivity contribution in [1.29, 1.82) is 0 Å². The van der Waals surface area contributed by atoms with Crippen LogP contribution in [0.3, 0.4) is 0 Å². The minimum atomic E-state index is -1.11. The third-order valence-electron chi connectivity index (χ3n) is 5.89. The lowest BCUT2D eigenvalue weighted by Crippen LogP contribution is -2.73. The summed E-state index contributed by atoms with van der Waals surface area (Å²) < 4.78 is 11.7. The van der Waals surface area contributed by atoms with Gasteiger partial charge in [-0.2, -0.15) is 0 Å². The van der Waals surface area contributed by atoms with Crippen molar-refractivity contribution in [1.82, 2.24) is 4.90 Å². The Labute approximate surface area is 215 Å². The molecule has 0 unspecified atom stereocenters. The Hall–Kier alpha value is -3.14. The van der Waals surface area contributed by atoms with Gasteiger partial charge in [0.25, 0.3) is 0 Å². The van der Waals surface area contributed by atoms with E-state index in [1.165, 1.54) is 6.20 Å². The number of amides is 1. The largest absolute Gasteiger partial charge is 0.457 e. The quantitative estimate of drug-likeness (QED) is 0.115. The fourth-order valence-electron chi connectivity index (χ4n) is 3.82. The van der Waals surface area contributed by atoms with Gasteiger partial charge in [-0.25, -0.2) is 4.99 Å². The van der Waals surface area contributed by atoms with Crippen LogP contribution in [-0.4, -0.2) is 57.6 Å². The highest BCUT2D eigenvalue weighted by Gasteiger charge is 2.16. The monoisotopic (exact) mass is 510 g/mol. The molecule has 1 fully saturated rings. The topological polar surface area (TPSA) is 117 Å². The summed E-state index contributed by atoms with van der Waals surface area (Å²) in [5, 5.41) is 2.90. The van der Waals surface area contributed by atoms with Crippen LogP contribution in [0.4, 0.5) is 11.4 Å². The summed E-state index contributed by atoms with van der Waals surface area (Å²) in [4.78, 5) is 17.7. The van der Waals surface area contributed by atoms with Crippen molar-refractivity contribution in [3.8, 4) is 11.5 Å². The van der Waals surface area contributed by atoms with E-state index in [9.17, 15) is 4.79 Å². The number of anilines is 2. The fraction of sp³-hybridized carbons (Fsp3) is 0.407. The minimum Gasteiger partial charge on any atom is -0.457 e. The maximum absolute atomic E-state index is 12.3. The SMILES string of the molecule is C[Si](C)(C)CCOC/[NH+]=C(/C=C\N)c1ccc(Oc2ccc(NC(=O)CN3CCCC3)c(N)c2)cc1. The van der Waals surface area contributed by atoms with Crippen molar-refractivity contribution in [3.63, 3.8) is 0 Å². The molecule has 3 rings (SSSR count). The van der Waals surface area contributed by atoms with Crippen LogP contribution >= 0.6 is 0 Å². The molecule has 0 atom stereocenters. The van der Waals surface area contributed by atoms with Gasteiger partial charge in [0.1, 0.15) is 11.5 Å². The van der Waals surface area contributed by atoms with Crippen LogP contribution in [0.15, 0.2) is 54.7 Å². The van der Waals surface area contributed by atoms with E-state index in [1.807, 2.05) is 30.3 Å². The lowest BCUT2D eigenvalue weighted by Gasteiger charge is -2.15. The molecule has 36 heavy (non-hydrogen) atoms. The number of allylic oxidation sites excluding steroid dienone is 1. The number of hydrogen-bond donors (Lipinski definition) is 4. The Morgan fingerprint density at radius 3 is 2.44 bits per heavy atom. The van der Waals surface area contributed by atoms with Gasteiger partial charge in [-0.1, -0.05) is 19.6 Å². The Kier molecular flexibility index (Phi) is 10.1. The second-order valence-corrected chi connectivity index (χ2v) is 15.8. The van der Waals surface area contributed by atoms with Crippen LogP contribution in [0.25, 0.3) is 0 Å². The summed E-state index contributed by atoms with van der Waals surface area (Å²) in [6.45, 7) is 10.5. The molecule has 0 spiro atoms. The normalized spacial score (nSPS) is 14.9. The standard InChI is InChI=1S/C27H39N5O3Si/c1-36(2,3)17-16-34-20-30-25(12-13-28)21-6-8-22(9-7-21)35-23-10-11-26(24(29)18-23)31-27(33)19-32-14-4-5-15-32/h6-13,18H,4-5,14-17,19-20,28-29H2,1-3H3,(H,31,33)/p+1/b13-12-,30-25-. The molecule has 0 aromatic heterocycles. The molecule has 1 heterocycles. The Balaban J connectivity index is 1.56. The second kappa shape index (κ2) is 13.2. The molecular weight excluding hydrogens is 470 g/mol. The highest BCUT2D eigenvalue weighted by molar-refractivity contribution is 6.76. The molecular formula is C27H40N5O3Si+. The van der Waals surface area contributed by atoms with Crippen molar-refractivity contribution in [2.75, 3.05) is 44.0 Å². The highest BCUT2D eigenvalue weighted by Crippen LogP contribution is 2.28. The number of rotatable bonds is 12. The molecule has 9 heteroatoms. The predicted octanol–water partition coefficient (Wildman–Crippen LogP) is 2.75. The molecule has 0 bridgehead atoms. The predicted molar refractivity (Wildman–Crippen MR) is 149 cm³/mol. The number of nitrogen functional groups attached to an aromatic ring is 1. The number of nitrogens with zero attached hydrogens (tertiary/aromatic N) is 1. The molecule has 1 saturated heterocycles. The van der Waals surface area contributed by atoms with Crippen LogP contribution in [-0.2, 0) is 9.53 Å². The third kappa shape index (κ3) is 9.14. The molecule has 194 valence electrons. The van der Waals surface area contributed by atoms with Crippen LogP contribution in [0.2, 0.25) is 25.7 Å². The van der Waals surface area contributed by atoms with E-state index in [4.69, 9.17) is 20.9 Å². The van der Waals surface area contributed by atoms with Gasteiger partial charge in [-0.15, -0.1) is 0 Å². The number of benzene rings is 2. The molecule has 0 radical (unpaired) electrons. The van der Waals surface area contributed by atoms with Gasteiger partial charge in [-0.3, -0.25) is 9.69 Å². The average molecular weight is 511 g/mol. The zero-order valence-corrected chi connectivity index (χ0v) is 22.7. The summed E-state index contributed by atoms with van der Waals surface area (Å²) >= 11 is 0. The Bertz CT molecular complexity index is 1060. The van der Waals surface area contributed by atoms with Gasteiger partial charge in [0.2, 0.25) is 18.3 Å². The average Bonchev–Trinajstić information content (AvgIpc) is 3.33. The Morgan fingerprint density at radius 2 is 1.81 bits per heavy atom. The van der Waals surface area contributed by atoms with E-state index >= 15 is 0 Å². The van der Waals surface area contributed by atoms with Crippen molar-refractivity contribution in [2.45, 2.75) is 38.5 Å². The summed E-state index contributed by atoms with van der Waals surface area (Å²) in [6.07, 6.45) is 5.61. The van der Waals surface area contributed by atoms with Crippen molar-refractivity contribution in [3.05, 3.63) is 60.3 Å². The zero-order chi connectivity index (χ0) is 26.0. The minimum absolute atomic E-state index is 0.0542. The lowest BCUT2D eigenvalue weighted by molar-refractivity contribution is -0.506. The van der Waals surface area contributed by atoms with E-state index in [2.05, 4.69) is 34.9 Å². The highest BCUT2D eigenvalue weighted by atomic mass is 28.3. The Morgan fingerprint density at radius 1 is 1.11 bits per heavy atom. The van der Waals surface area contributed by atoms with E-state index < -0.39 is 8.07 Å². The molecule has 0 aliphatic carbocycles. The number of carbonyl (C=O) groups is 1. The van der Waals surface area contributed by atoms with Crippen LogP contribution in [0.1, 0.15) is 18.4 Å². The number of carbonyl (C=O) groups excluding carboxylic acids is 1. The number of hydrogen-bond acceptors (Lipinski definition) is 6. The first-order valence-electron chi connectivity index (χ1n) is 12.5. The first-order chi connectivity index (χ1) is 17.2. The summed E-state index contributed by atoms with van der Waals surface area (Å²) in [7, 11) is -1.11. The van der Waals surface area contributed by atoms with Gasteiger partial charge < -0.3 is 26.3 Å². The first kappa shape index (κ1) is 27.4. The summed E-state index contributed by atoms with van der Waals surface area (Å²) in [5.41, 5.74) is 14.7. The fourth-order valence-corrected chi connectivity index (χ4v) is 4.58. The maximum atomic E-state index is 12.3. The zero-order valence-electron chi connectivity index (χ0n) is 21.7. The summed E-state index contributed by atoms with van der Waals surface area (Å²) in [6, 6.07) is 14.1. The van der Waals surface area contributed by atoms with E-state index in [1.54, 1.807) is 18.2 Å². The van der Waals surface area contributed by atoms with Gasteiger partial charge in [0.05, 0.1) is 24.5 Å². The molecule has 1 amide bonds. The molecule has 0 saturated carbocycles. The van der Waals surface area contributed by atoms with E-state index in [0.29, 0.717) is 36.1 Å². The summed E-state index contributed by atoms with van der Waals surface area (Å²) in [5.74, 6) is 1.21. The molecule has 6 N–H and O–H groups in total. The second-order valence-electron chi connectivity index (χ2n) is 10.2. The van der Waals surface area contributed by atoms with E-state index in [-0.39, 0.29) is 5.91 Å². The van der Waals surface area contributed by atoms with Gasteiger partial charge >= 0.3 is 0 Å². The number of nitrogens with one attached hydrogen (secondary N) is 2. The molecule has 2 aromatic carbocycles. The third-order valence-corrected chi connectivity index (χ3v) is 7.59. The maximum Gasteiger partial charge on any atom is 0.246 e. The van der Waals surface area contributed by atoms with Crippen LogP contribution < -0.4 is 26.5 Å². The molecule has 8 nitrogen and oxygen atoms in total. The lowest BCUT2D eigenvalue weighted by atomic mass is 10.1. The van der Waals surface area contributed by atoms with Crippen molar-refractivity contribution >= 4 is 31.1 Å². The van der Waals surface area contributed by atoms with E-state index in [0.717, 1.165) is 49.9 Å². The number of ether oxygens (including phenoxy) is 2. The number of likely N-dealkylation sites (tertiary alicyclic amines) is 1. The van der Waals surface area contributed by atoms with Gasteiger partial charge in [0, 0.05) is 32.0 Å². The van der Waals surface area contributed by atoms with Crippen molar-refractivity contribution < 1.29 is 19.3 Å². The van der Waals surface area contributed by atoms with Gasteiger partial charge in [-0.05, 0) is 68.4 Å².